The van der Waals surface area contributed by atoms with Crippen molar-refractivity contribution in [1.82, 2.24) is 15.2 Å². The first kappa shape index (κ1) is 17.0. The Hall–Kier alpha value is -2.80. The zero-order valence-corrected chi connectivity index (χ0v) is 14.4. The molecule has 0 spiro atoms. The second-order valence-corrected chi connectivity index (χ2v) is 6.03. The Morgan fingerprint density at radius 3 is 2.80 bits per heavy atom. The maximum atomic E-state index is 12.0. The third kappa shape index (κ3) is 4.60. The number of rotatable bonds is 7. The van der Waals surface area contributed by atoms with Crippen LogP contribution in [0.1, 0.15) is 15.9 Å². The third-order valence-electron chi connectivity index (χ3n) is 3.78. The summed E-state index contributed by atoms with van der Waals surface area (Å²) in [7, 11) is 3.93. The summed E-state index contributed by atoms with van der Waals surface area (Å²) in [5, 5.41) is 6.10. The standard InChI is InChI=1S/C18H22N4O3/c1-22(2)8-7-19-18(23)14-4-6-17(21-11-14)20-10-13-3-5-15-16(9-13)25-12-24-15/h3-6,9,11H,7-8,10,12H2,1-2H3,(H,19,23)(H,20,21). The van der Waals surface area contributed by atoms with Crippen molar-refractivity contribution >= 4 is 11.7 Å². The normalized spacial score (nSPS) is 12.3. The highest BCUT2D eigenvalue weighted by atomic mass is 16.7. The Bertz CT molecular complexity index is 732. The first-order chi connectivity index (χ1) is 12.1. The zero-order chi connectivity index (χ0) is 17.6. The van der Waals surface area contributed by atoms with Gasteiger partial charge in [0.25, 0.3) is 5.91 Å². The number of carbonyl (C=O) groups is 1. The van der Waals surface area contributed by atoms with Gasteiger partial charge in [-0.15, -0.1) is 0 Å². The minimum atomic E-state index is -0.114. The number of likely N-dealkylation sites (N-methyl/N-ethyl adjacent to an activating group) is 1. The number of benzene rings is 1. The first-order valence-electron chi connectivity index (χ1n) is 8.13. The minimum absolute atomic E-state index is 0.114. The SMILES string of the molecule is CN(C)CCNC(=O)c1ccc(NCc2ccc3c(c2)OCO3)nc1. The molecule has 2 N–H and O–H groups in total. The van der Waals surface area contributed by atoms with Crippen molar-refractivity contribution in [3.05, 3.63) is 47.7 Å². The van der Waals surface area contributed by atoms with E-state index >= 15 is 0 Å². The van der Waals surface area contributed by atoms with E-state index in [1.807, 2.05) is 37.2 Å². The number of hydrogen-bond donors (Lipinski definition) is 2. The molecule has 25 heavy (non-hydrogen) atoms. The molecule has 0 saturated carbocycles. The summed E-state index contributed by atoms with van der Waals surface area (Å²) in [5.74, 6) is 2.13. The van der Waals surface area contributed by atoms with Crippen LogP contribution < -0.4 is 20.1 Å². The molecule has 1 aromatic carbocycles. The number of nitrogens with one attached hydrogen (secondary N) is 2. The first-order valence-corrected chi connectivity index (χ1v) is 8.13. The molecule has 7 heteroatoms. The van der Waals surface area contributed by atoms with Crippen LogP contribution in [0.2, 0.25) is 0 Å². The van der Waals surface area contributed by atoms with Crippen LogP contribution >= 0.6 is 0 Å². The van der Waals surface area contributed by atoms with Gasteiger partial charge < -0.3 is 25.0 Å². The number of anilines is 1. The second kappa shape index (κ2) is 7.85. The van der Waals surface area contributed by atoms with Crippen LogP contribution in [0.25, 0.3) is 0 Å². The summed E-state index contributed by atoms with van der Waals surface area (Å²) in [6.45, 7) is 2.29. The second-order valence-electron chi connectivity index (χ2n) is 6.03. The average Bonchev–Trinajstić information content (AvgIpc) is 3.07. The topological polar surface area (TPSA) is 75.7 Å². The third-order valence-corrected chi connectivity index (χ3v) is 3.78. The molecule has 0 fully saturated rings. The molecule has 2 heterocycles. The molecule has 1 amide bonds. The van der Waals surface area contributed by atoms with Crippen LogP contribution in [-0.4, -0.2) is 49.8 Å². The lowest BCUT2D eigenvalue weighted by atomic mass is 10.2. The van der Waals surface area contributed by atoms with Gasteiger partial charge in [0, 0.05) is 25.8 Å². The number of fused-ring (bicyclic) bond motifs is 1. The highest BCUT2D eigenvalue weighted by Gasteiger charge is 2.13. The van der Waals surface area contributed by atoms with Crippen molar-refractivity contribution in [2.24, 2.45) is 0 Å². The van der Waals surface area contributed by atoms with Gasteiger partial charge in [-0.05, 0) is 43.9 Å². The van der Waals surface area contributed by atoms with Crippen molar-refractivity contribution in [2.75, 3.05) is 39.3 Å². The molecule has 0 bridgehead atoms. The van der Waals surface area contributed by atoms with Crippen molar-refractivity contribution in [3.8, 4) is 11.5 Å². The molecule has 2 aromatic rings. The van der Waals surface area contributed by atoms with Crippen molar-refractivity contribution < 1.29 is 14.3 Å². The summed E-state index contributed by atoms with van der Waals surface area (Å²) in [6.07, 6.45) is 1.58. The maximum absolute atomic E-state index is 12.0. The molecular formula is C18H22N4O3. The molecule has 1 aromatic heterocycles. The van der Waals surface area contributed by atoms with Gasteiger partial charge in [-0.1, -0.05) is 6.07 Å². The van der Waals surface area contributed by atoms with E-state index in [4.69, 9.17) is 9.47 Å². The van der Waals surface area contributed by atoms with Gasteiger partial charge in [-0.25, -0.2) is 4.98 Å². The van der Waals surface area contributed by atoms with Crippen molar-refractivity contribution in [3.63, 3.8) is 0 Å². The smallest absolute Gasteiger partial charge is 0.252 e. The Morgan fingerprint density at radius 2 is 2.04 bits per heavy atom. The summed E-state index contributed by atoms with van der Waals surface area (Å²) in [4.78, 5) is 18.3. The number of aromatic nitrogens is 1. The van der Waals surface area contributed by atoms with Crippen LogP contribution in [0.15, 0.2) is 36.5 Å². The fourth-order valence-electron chi connectivity index (χ4n) is 2.37. The predicted molar refractivity (Wildman–Crippen MR) is 95.0 cm³/mol. The predicted octanol–water partition coefficient (Wildman–Crippen LogP) is 1.71. The van der Waals surface area contributed by atoms with Gasteiger partial charge in [-0.2, -0.15) is 0 Å². The Morgan fingerprint density at radius 1 is 1.20 bits per heavy atom. The maximum Gasteiger partial charge on any atom is 0.252 e. The molecule has 0 radical (unpaired) electrons. The summed E-state index contributed by atoms with van der Waals surface area (Å²) in [5.41, 5.74) is 1.61. The van der Waals surface area contributed by atoms with Gasteiger partial charge in [0.15, 0.2) is 11.5 Å². The zero-order valence-electron chi connectivity index (χ0n) is 14.4. The molecule has 1 aliphatic rings. The summed E-state index contributed by atoms with van der Waals surface area (Å²) < 4.78 is 10.7. The molecule has 3 rings (SSSR count). The van der Waals surface area contributed by atoms with Crippen molar-refractivity contribution in [1.29, 1.82) is 0 Å². The van der Waals surface area contributed by atoms with Gasteiger partial charge >= 0.3 is 0 Å². The van der Waals surface area contributed by atoms with E-state index in [2.05, 4.69) is 15.6 Å². The van der Waals surface area contributed by atoms with E-state index in [0.717, 1.165) is 23.6 Å². The number of carbonyl (C=O) groups excluding carboxylic acids is 1. The molecule has 0 saturated heterocycles. The quantitative estimate of drug-likeness (QED) is 0.798. The van der Waals surface area contributed by atoms with E-state index in [-0.39, 0.29) is 12.7 Å². The Kier molecular flexibility index (Phi) is 5.35. The number of nitrogens with zero attached hydrogens (tertiary/aromatic N) is 2. The van der Waals surface area contributed by atoms with Crippen LogP contribution in [-0.2, 0) is 6.54 Å². The van der Waals surface area contributed by atoms with Crippen LogP contribution in [0, 0.1) is 0 Å². The molecule has 0 unspecified atom stereocenters. The number of hydrogen-bond acceptors (Lipinski definition) is 6. The van der Waals surface area contributed by atoms with E-state index < -0.39 is 0 Å². The van der Waals surface area contributed by atoms with Gasteiger partial charge in [-0.3, -0.25) is 4.79 Å². The lowest BCUT2D eigenvalue weighted by molar-refractivity contribution is 0.0950. The molecule has 132 valence electrons. The summed E-state index contributed by atoms with van der Waals surface area (Å²) in [6, 6.07) is 9.39. The fourth-order valence-corrected chi connectivity index (χ4v) is 2.37. The Labute approximate surface area is 147 Å². The van der Waals surface area contributed by atoms with E-state index in [0.29, 0.717) is 24.5 Å². The number of pyridine rings is 1. The Balaban J connectivity index is 1.51. The lowest BCUT2D eigenvalue weighted by Gasteiger charge is -2.11. The fraction of sp³-hybridized carbons (Fsp3) is 0.333. The van der Waals surface area contributed by atoms with Crippen LogP contribution in [0.4, 0.5) is 5.82 Å². The number of ether oxygens (including phenoxy) is 2. The monoisotopic (exact) mass is 342 g/mol. The van der Waals surface area contributed by atoms with Gasteiger partial charge in [0.05, 0.1) is 5.56 Å². The molecular weight excluding hydrogens is 320 g/mol. The van der Waals surface area contributed by atoms with E-state index in [9.17, 15) is 4.79 Å². The number of amides is 1. The molecule has 1 aliphatic heterocycles. The van der Waals surface area contributed by atoms with Crippen molar-refractivity contribution in [2.45, 2.75) is 6.54 Å². The van der Waals surface area contributed by atoms with E-state index in [1.165, 1.54) is 0 Å². The minimum Gasteiger partial charge on any atom is -0.454 e. The average molecular weight is 342 g/mol. The van der Waals surface area contributed by atoms with Crippen LogP contribution in [0.3, 0.4) is 0 Å². The summed E-state index contributed by atoms with van der Waals surface area (Å²) >= 11 is 0. The molecule has 0 atom stereocenters. The molecule has 0 aliphatic carbocycles. The van der Waals surface area contributed by atoms with Crippen LogP contribution in [0.5, 0.6) is 11.5 Å². The van der Waals surface area contributed by atoms with E-state index in [1.54, 1.807) is 18.3 Å². The van der Waals surface area contributed by atoms with Gasteiger partial charge in [0.1, 0.15) is 5.82 Å². The highest BCUT2D eigenvalue weighted by molar-refractivity contribution is 5.94. The van der Waals surface area contributed by atoms with Gasteiger partial charge in [0.2, 0.25) is 6.79 Å². The lowest BCUT2D eigenvalue weighted by Crippen LogP contribution is -2.31. The molecule has 7 nitrogen and oxygen atoms in total. The largest absolute Gasteiger partial charge is 0.454 e. The highest BCUT2D eigenvalue weighted by Crippen LogP contribution is 2.32.